The van der Waals surface area contributed by atoms with Crippen molar-refractivity contribution in [3.8, 4) is 0 Å². The molecule has 0 saturated carbocycles. The third-order valence-corrected chi connectivity index (χ3v) is 3.73. The van der Waals surface area contributed by atoms with Gasteiger partial charge in [-0.1, -0.05) is 0 Å². The van der Waals surface area contributed by atoms with Crippen LogP contribution in [0.3, 0.4) is 0 Å². The highest BCUT2D eigenvalue weighted by molar-refractivity contribution is 7.91. The van der Waals surface area contributed by atoms with Crippen LogP contribution in [0.2, 0.25) is 0 Å². The molecule has 0 spiro atoms. The third kappa shape index (κ3) is 4.06. The summed E-state index contributed by atoms with van der Waals surface area (Å²) in [6.07, 6.45) is 1.76. The van der Waals surface area contributed by atoms with E-state index in [2.05, 4.69) is 0 Å². The zero-order chi connectivity index (χ0) is 9.73. The van der Waals surface area contributed by atoms with Gasteiger partial charge in [-0.05, 0) is 12.8 Å². The van der Waals surface area contributed by atoms with Crippen molar-refractivity contribution in [2.24, 2.45) is 0 Å². The Hall–Kier alpha value is -0.130. The Morgan fingerprint density at radius 3 is 2.85 bits per heavy atom. The molecule has 1 aliphatic rings. The van der Waals surface area contributed by atoms with E-state index in [1.807, 2.05) is 0 Å². The van der Waals surface area contributed by atoms with E-state index in [1.165, 1.54) is 7.11 Å². The van der Waals surface area contributed by atoms with Crippen molar-refractivity contribution in [2.45, 2.75) is 18.9 Å². The summed E-state index contributed by atoms with van der Waals surface area (Å²) < 4.78 is 32.7. The van der Waals surface area contributed by atoms with Gasteiger partial charge in [0.25, 0.3) is 0 Å². The van der Waals surface area contributed by atoms with Crippen molar-refractivity contribution in [3.63, 3.8) is 0 Å². The van der Waals surface area contributed by atoms with Crippen LogP contribution in [0.1, 0.15) is 12.8 Å². The van der Waals surface area contributed by atoms with Gasteiger partial charge in [0.1, 0.15) is 0 Å². The number of ether oxygens (including phenoxy) is 2. The molecule has 0 aromatic carbocycles. The summed E-state index contributed by atoms with van der Waals surface area (Å²) in [6.45, 7) is 0.972. The van der Waals surface area contributed by atoms with Crippen molar-refractivity contribution < 1.29 is 17.9 Å². The zero-order valence-electron chi connectivity index (χ0n) is 7.86. The molecule has 1 aliphatic heterocycles. The summed E-state index contributed by atoms with van der Waals surface area (Å²) in [5.41, 5.74) is 0. The van der Waals surface area contributed by atoms with Gasteiger partial charge < -0.3 is 9.47 Å². The Morgan fingerprint density at radius 1 is 1.54 bits per heavy atom. The Kier molecular flexibility index (Phi) is 4.15. The number of sulfone groups is 1. The topological polar surface area (TPSA) is 52.6 Å². The van der Waals surface area contributed by atoms with Crippen molar-refractivity contribution >= 4 is 9.84 Å². The predicted octanol–water partition coefficient (Wildman–Crippen LogP) is 0.227. The molecule has 1 heterocycles. The summed E-state index contributed by atoms with van der Waals surface area (Å²) in [7, 11) is -1.48. The van der Waals surface area contributed by atoms with Gasteiger partial charge in [0.05, 0.1) is 24.2 Å². The fraction of sp³-hybridized carbons (Fsp3) is 1.00. The highest BCUT2D eigenvalue weighted by atomic mass is 32.2. The lowest BCUT2D eigenvalue weighted by Crippen LogP contribution is -2.24. The number of methoxy groups -OCH3 is 1. The molecule has 1 fully saturated rings. The van der Waals surface area contributed by atoms with Crippen LogP contribution in [0.4, 0.5) is 0 Å². The van der Waals surface area contributed by atoms with E-state index in [0.717, 1.165) is 12.8 Å². The van der Waals surface area contributed by atoms with Crippen LogP contribution in [0.25, 0.3) is 0 Å². The Balaban J connectivity index is 2.32. The van der Waals surface area contributed by atoms with E-state index in [-0.39, 0.29) is 24.2 Å². The van der Waals surface area contributed by atoms with Crippen molar-refractivity contribution in [1.82, 2.24) is 0 Å². The molecule has 0 amide bonds. The molecule has 0 aliphatic carbocycles. The van der Waals surface area contributed by atoms with E-state index in [9.17, 15) is 8.42 Å². The maximum atomic E-state index is 11.4. The molecular weight excluding hydrogens is 192 g/mol. The second-order valence-electron chi connectivity index (χ2n) is 3.24. The van der Waals surface area contributed by atoms with Gasteiger partial charge >= 0.3 is 0 Å². The van der Waals surface area contributed by atoms with Crippen LogP contribution < -0.4 is 0 Å². The van der Waals surface area contributed by atoms with E-state index < -0.39 is 9.84 Å². The monoisotopic (exact) mass is 208 g/mol. The fourth-order valence-electron chi connectivity index (χ4n) is 1.35. The number of rotatable bonds is 5. The average Bonchev–Trinajstić information content (AvgIpc) is 2.52. The minimum Gasteiger partial charge on any atom is -0.384 e. The number of hydrogen-bond donors (Lipinski definition) is 0. The second-order valence-corrected chi connectivity index (χ2v) is 5.47. The first-order valence-corrected chi connectivity index (χ1v) is 6.27. The highest BCUT2D eigenvalue weighted by Gasteiger charge is 2.22. The van der Waals surface area contributed by atoms with Gasteiger partial charge in [0.15, 0.2) is 9.84 Å². The lowest BCUT2D eigenvalue weighted by molar-refractivity contribution is 0.127. The lowest BCUT2D eigenvalue weighted by atomic mass is 10.3. The molecule has 0 aromatic rings. The van der Waals surface area contributed by atoms with Crippen molar-refractivity contribution in [1.29, 1.82) is 0 Å². The molecular formula is C8H16O4S. The van der Waals surface area contributed by atoms with Crippen LogP contribution in [-0.4, -0.2) is 46.4 Å². The predicted molar refractivity (Wildman–Crippen MR) is 49.5 cm³/mol. The van der Waals surface area contributed by atoms with Crippen LogP contribution >= 0.6 is 0 Å². The maximum Gasteiger partial charge on any atom is 0.155 e. The van der Waals surface area contributed by atoms with Crippen molar-refractivity contribution in [3.05, 3.63) is 0 Å². The molecule has 1 unspecified atom stereocenters. The highest BCUT2D eigenvalue weighted by Crippen LogP contribution is 2.14. The minimum absolute atomic E-state index is 0.0816. The lowest BCUT2D eigenvalue weighted by Gasteiger charge is -2.09. The fourth-order valence-corrected chi connectivity index (χ4v) is 2.77. The van der Waals surface area contributed by atoms with Gasteiger partial charge in [-0.15, -0.1) is 0 Å². The smallest absolute Gasteiger partial charge is 0.155 e. The summed E-state index contributed by atoms with van der Waals surface area (Å²) >= 11 is 0. The first kappa shape index (κ1) is 10.9. The number of hydrogen-bond acceptors (Lipinski definition) is 4. The van der Waals surface area contributed by atoms with Crippen LogP contribution in [0, 0.1) is 0 Å². The summed E-state index contributed by atoms with van der Waals surface area (Å²) in [5, 5.41) is 0. The molecule has 0 aromatic heterocycles. The zero-order valence-corrected chi connectivity index (χ0v) is 8.68. The largest absolute Gasteiger partial charge is 0.384 e. The van der Waals surface area contributed by atoms with Crippen LogP contribution in [0.5, 0.6) is 0 Å². The van der Waals surface area contributed by atoms with E-state index in [0.29, 0.717) is 6.61 Å². The minimum atomic E-state index is -2.98. The molecule has 5 heteroatoms. The molecule has 4 nitrogen and oxygen atoms in total. The average molecular weight is 208 g/mol. The molecule has 0 N–H and O–H groups in total. The first-order valence-electron chi connectivity index (χ1n) is 4.45. The molecule has 78 valence electrons. The Morgan fingerprint density at radius 2 is 2.31 bits per heavy atom. The molecule has 1 saturated heterocycles. The molecule has 0 bridgehead atoms. The van der Waals surface area contributed by atoms with Gasteiger partial charge in [-0.3, -0.25) is 0 Å². The molecule has 13 heavy (non-hydrogen) atoms. The standard InChI is InChI=1S/C8H16O4S/c1-11-5-6-13(9,10)7-8-3-2-4-12-8/h8H,2-7H2,1H3. The van der Waals surface area contributed by atoms with E-state index in [4.69, 9.17) is 9.47 Å². The molecule has 0 radical (unpaired) electrons. The molecule has 1 atom stereocenters. The summed E-state index contributed by atoms with van der Waals surface area (Å²) in [6, 6.07) is 0. The summed E-state index contributed by atoms with van der Waals surface area (Å²) in [4.78, 5) is 0. The Bertz CT molecular complexity index is 229. The van der Waals surface area contributed by atoms with Crippen LogP contribution in [0.15, 0.2) is 0 Å². The van der Waals surface area contributed by atoms with Crippen LogP contribution in [-0.2, 0) is 19.3 Å². The Labute approximate surface area is 79.1 Å². The van der Waals surface area contributed by atoms with E-state index >= 15 is 0 Å². The van der Waals surface area contributed by atoms with Gasteiger partial charge in [-0.25, -0.2) is 8.42 Å². The quantitative estimate of drug-likeness (QED) is 0.649. The van der Waals surface area contributed by atoms with Gasteiger partial charge in [0.2, 0.25) is 0 Å². The van der Waals surface area contributed by atoms with Gasteiger partial charge in [0, 0.05) is 13.7 Å². The third-order valence-electron chi connectivity index (χ3n) is 2.06. The maximum absolute atomic E-state index is 11.4. The SMILES string of the molecule is COCCS(=O)(=O)CC1CCCO1. The van der Waals surface area contributed by atoms with Crippen molar-refractivity contribution in [2.75, 3.05) is 31.8 Å². The first-order chi connectivity index (χ1) is 6.14. The summed E-state index contributed by atoms with van der Waals surface area (Å²) in [5.74, 6) is 0.250. The van der Waals surface area contributed by atoms with E-state index in [1.54, 1.807) is 0 Å². The second kappa shape index (κ2) is 4.93. The molecule has 1 rings (SSSR count). The normalized spacial score (nSPS) is 23.6. The van der Waals surface area contributed by atoms with Gasteiger partial charge in [-0.2, -0.15) is 0 Å².